The summed E-state index contributed by atoms with van der Waals surface area (Å²) in [7, 11) is 0. The minimum absolute atomic E-state index is 0.109. The number of rotatable bonds is 5. The molecule has 0 aromatic heterocycles. The number of phenolic OH excluding ortho intramolecular Hbond substituents is 1. The Hall–Kier alpha value is -2.46. The van der Waals surface area contributed by atoms with Crippen LogP contribution in [0.25, 0.3) is 11.6 Å². The lowest BCUT2D eigenvalue weighted by atomic mass is 9.96. The Morgan fingerprint density at radius 2 is 1.96 bits per heavy atom. The van der Waals surface area contributed by atoms with Gasteiger partial charge in [0.15, 0.2) is 11.5 Å². The maximum Gasteiger partial charge on any atom is 0.336 e. The number of carboxylic acid groups (broad SMARTS) is 1. The number of carbonyl (C=O) groups is 1. The van der Waals surface area contributed by atoms with E-state index in [9.17, 15) is 15.0 Å². The fourth-order valence-electron chi connectivity index (χ4n) is 2.39. The number of aryl methyl sites for hydroxylation is 2. The van der Waals surface area contributed by atoms with Crippen molar-refractivity contribution in [1.29, 1.82) is 0 Å². The first-order valence-electron chi connectivity index (χ1n) is 7.51. The normalized spacial score (nSPS) is 11.4. The van der Waals surface area contributed by atoms with Gasteiger partial charge in [-0.1, -0.05) is 35.4 Å². The van der Waals surface area contributed by atoms with Gasteiger partial charge >= 0.3 is 5.97 Å². The zero-order valence-corrected chi connectivity index (χ0v) is 14.5. The van der Waals surface area contributed by atoms with Crippen LogP contribution in [0.15, 0.2) is 30.3 Å². The Labute approximate surface area is 146 Å². The Morgan fingerprint density at radius 3 is 2.58 bits per heavy atom. The van der Waals surface area contributed by atoms with Crippen LogP contribution in [0.5, 0.6) is 11.5 Å². The monoisotopic (exact) mass is 346 g/mol. The molecule has 0 unspecified atom stereocenters. The Bertz CT molecular complexity index is 809. The van der Waals surface area contributed by atoms with Gasteiger partial charge in [0.2, 0.25) is 0 Å². The molecule has 0 radical (unpaired) electrons. The van der Waals surface area contributed by atoms with Gasteiger partial charge in [-0.25, -0.2) is 4.79 Å². The predicted octanol–water partition coefficient (Wildman–Crippen LogP) is 4.69. The van der Waals surface area contributed by atoms with Crippen LogP contribution in [0.4, 0.5) is 0 Å². The quantitative estimate of drug-likeness (QED) is 0.609. The second-order valence-corrected chi connectivity index (χ2v) is 5.87. The van der Waals surface area contributed by atoms with Crippen LogP contribution in [-0.4, -0.2) is 22.8 Å². The van der Waals surface area contributed by atoms with Crippen molar-refractivity contribution in [3.8, 4) is 11.5 Å². The molecule has 0 atom stereocenters. The molecule has 2 aromatic rings. The summed E-state index contributed by atoms with van der Waals surface area (Å²) < 4.78 is 5.34. The number of aromatic hydroxyl groups is 1. The van der Waals surface area contributed by atoms with E-state index >= 15 is 0 Å². The molecular formula is C19H19ClO4. The number of hydrogen-bond acceptors (Lipinski definition) is 3. The Balaban J connectivity index is 2.60. The fourth-order valence-corrected chi connectivity index (χ4v) is 2.61. The summed E-state index contributed by atoms with van der Waals surface area (Å²) in [5, 5.41) is 19.6. The van der Waals surface area contributed by atoms with Crippen molar-refractivity contribution in [3.05, 3.63) is 57.6 Å². The molecule has 5 heteroatoms. The first kappa shape index (κ1) is 17.9. The van der Waals surface area contributed by atoms with Crippen LogP contribution in [0.1, 0.15) is 29.2 Å². The molecule has 2 rings (SSSR count). The lowest BCUT2D eigenvalue weighted by molar-refractivity contribution is -0.130. The van der Waals surface area contributed by atoms with Gasteiger partial charge in [-0.15, -0.1) is 0 Å². The van der Waals surface area contributed by atoms with Crippen molar-refractivity contribution in [2.75, 3.05) is 6.61 Å². The second-order valence-electron chi connectivity index (χ2n) is 5.46. The van der Waals surface area contributed by atoms with Crippen LogP contribution in [0.2, 0.25) is 5.02 Å². The topological polar surface area (TPSA) is 66.8 Å². The van der Waals surface area contributed by atoms with E-state index in [0.717, 1.165) is 11.1 Å². The lowest BCUT2D eigenvalue weighted by Crippen LogP contribution is -2.02. The van der Waals surface area contributed by atoms with Crippen LogP contribution in [-0.2, 0) is 4.79 Å². The minimum atomic E-state index is -1.04. The van der Waals surface area contributed by atoms with E-state index in [-0.39, 0.29) is 22.1 Å². The van der Waals surface area contributed by atoms with E-state index in [1.807, 2.05) is 32.0 Å². The van der Waals surface area contributed by atoms with Gasteiger partial charge in [0.05, 0.1) is 17.2 Å². The molecule has 0 fully saturated rings. The second kappa shape index (κ2) is 7.41. The molecule has 24 heavy (non-hydrogen) atoms. The number of halogens is 1. The SMILES string of the molecule is CCOc1cc(/C=C(\C(=O)O)c2cc(C)ccc2C)cc(Cl)c1O. The van der Waals surface area contributed by atoms with Gasteiger partial charge in [-0.3, -0.25) is 0 Å². The smallest absolute Gasteiger partial charge is 0.336 e. The first-order chi connectivity index (χ1) is 11.3. The summed E-state index contributed by atoms with van der Waals surface area (Å²) in [5.74, 6) is -0.966. The average Bonchev–Trinajstić information content (AvgIpc) is 2.52. The third kappa shape index (κ3) is 3.89. The Kier molecular flexibility index (Phi) is 5.52. The van der Waals surface area contributed by atoms with Crippen molar-refractivity contribution >= 4 is 29.2 Å². The lowest BCUT2D eigenvalue weighted by Gasteiger charge is -2.11. The van der Waals surface area contributed by atoms with E-state index in [1.165, 1.54) is 12.1 Å². The van der Waals surface area contributed by atoms with E-state index in [1.54, 1.807) is 13.0 Å². The molecular weight excluding hydrogens is 328 g/mol. The molecule has 0 aliphatic rings. The summed E-state index contributed by atoms with van der Waals surface area (Å²) in [6.45, 7) is 5.92. The van der Waals surface area contributed by atoms with Crippen LogP contribution in [0, 0.1) is 13.8 Å². The highest BCUT2D eigenvalue weighted by Crippen LogP contribution is 2.36. The number of carboxylic acids is 1. The van der Waals surface area contributed by atoms with Crippen molar-refractivity contribution in [2.45, 2.75) is 20.8 Å². The number of phenols is 1. The van der Waals surface area contributed by atoms with Gasteiger partial charge in [-0.2, -0.15) is 0 Å². The zero-order chi connectivity index (χ0) is 17.9. The molecule has 2 aromatic carbocycles. The molecule has 0 aliphatic heterocycles. The number of aliphatic carboxylic acids is 1. The molecule has 2 N–H and O–H groups in total. The van der Waals surface area contributed by atoms with E-state index in [0.29, 0.717) is 17.7 Å². The van der Waals surface area contributed by atoms with Crippen LogP contribution < -0.4 is 4.74 Å². The third-order valence-electron chi connectivity index (χ3n) is 3.58. The minimum Gasteiger partial charge on any atom is -0.503 e. The van der Waals surface area contributed by atoms with Crippen LogP contribution >= 0.6 is 11.6 Å². The highest BCUT2D eigenvalue weighted by molar-refractivity contribution is 6.32. The largest absolute Gasteiger partial charge is 0.503 e. The standard InChI is InChI=1S/C19H19ClO4/c1-4-24-17-10-13(9-16(20)18(17)21)8-15(19(22)23)14-7-11(2)5-6-12(14)3/h5-10,21H,4H2,1-3H3,(H,22,23)/b15-8-. The van der Waals surface area contributed by atoms with Gasteiger partial charge in [-0.05, 0) is 55.7 Å². The maximum absolute atomic E-state index is 11.7. The fraction of sp³-hybridized carbons (Fsp3) is 0.211. The Morgan fingerprint density at radius 1 is 1.25 bits per heavy atom. The van der Waals surface area contributed by atoms with Crippen molar-refractivity contribution in [2.24, 2.45) is 0 Å². The van der Waals surface area contributed by atoms with Gasteiger partial charge in [0.1, 0.15) is 0 Å². The van der Waals surface area contributed by atoms with Crippen LogP contribution in [0.3, 0.4) is 0 Å². The molecule has 0 bridgehead atoms. The molecule has 0 saturated heterocycles. The average molecular weight is 347 g/mol. The summed E-state index contributed by atoms with van der Waals surface area (Å²) >= 11 is 6.01. The third-order valence-corrected chi connectivity index (χ3v) is 3.86. The van der Waals surface area contributed by atoms with E-state index < -0.39 is 5.97 Å². The molecule has 126 valence electrons. The molecule has 0 spiro atoms. The number of benzene rings is 2. The molecule has 0 amide bonds. The summed E-state index contributed by atoms with van der Waals surface area (Å²) in [4.78, 5) is 11.7. The summed E-state index contributed by atoms with van der Waals surface area (Å²) in [6.07, 6.45) is 1.53. The molecule has 0 saturated carbocycles. The van der Waals surface area contributed by atoms with Crippen molar-refractivity contribution in [3.63, 3.8) is 0 Å². The summed E-state index contributed by atoms with van der Waals surface area (Å²) in [5.41, 5.74) is 3.18. The maximum atomic E-state index is 11.7. The molecule has 4 nitrogen and oxygen atoms in total. The highest BCUT2D eigenvalue weighted by Gasteiger charge is 2.15. The predicted molar refractivity (Wildman–Crippen MR) is 95.7 cm³/mol. The van der Waals surface area contributed by atoms with E-state index in [2.05, 4.69) is 0 Å². The van der Waals surface area contributed by atoms with Crippen molar-refractivity contribution in [1.82, 2.24) is 0 Å². The first-order valence-corrected chi connectivity index (χ1v) is 7.89. The van der Waals surface area contributed by atoms with Gasteiger partial charge in [0, 0.05) is 0 Å². The molecule has 0 heterocycles. The zero-order valence-electron chi connectivity index (χ0n) is 13.8. The van der Waals surface area contributed by atoms with Gasteiger partial charge < -0.3 is 14.9 Å². The number of hydrogen-bond donors (Lipinski definition) is 2. The van der Waals surface area contributed by atoms with Gasteiger partial charge in [0.25, 0.3) is 0 Å². The number of ether oxygens (including phenoxy) is 1. The van der Waals surface area contributed by atoms with E-state index in [4.69, 9.17) is 16.3 Å². The highest BCUT2D eigenvalue weighted by atomic mass is 35.5. The van der Waals surface area contributed by atoms with Crippen molar-refractivity contribution < 1.29 is 19.7 Å². The summed E-state index contributed by atoms with van der Waals surface area (Å²) in [6, 6.07) is 8.73. The molecule has 0 aliphatic carbocycles.